The highest BCUT2D eigenvalue weighted by Gasteiger charge is 2.44. The molecule has 1 aliphatic heterocycles. The van der Waals surface area contributed by atoms with Crippen LogP contribution in [0.3, 0.4) is 0 Å². The van der Waals surface area contributed by atoms with Gasteiger partial charge >= 0.3 is 0 Å². The van der Waals surface area contributed by atoms with Crippen LogP contribution in [0.1, 0.15) is 399 Å². The van der Waals surface area contributed by atoms with Crippen molar-refractivity contribution in [2.45, 2.75) is 442 Å². The first kappa shape index (κ1) is 85.2. The second-order valence-corrected chi connectivity index (χ2v) is 27.5. The van der Waals surface area contributed by atoms with Crippen molar-refractivity contribution in [1.82, 2.24) is 5.32 Å². The lowest BCUT2D eigenvalue weighted by molar-refractivity contribution is -0.302. The van der Waals surface area contributed by atoms with Gasteiger partial charge in [0.2, 0.25) is 5.91 Å². The van der Waals surface area contributed by atoms with Crippen LogP contribution in [0.15, 0.2) is 48.6 Å². The highest BCUT2D eigenvalue weighted by molar-refractivity contribution is 5.76. The maximum atomic E-state index is 13.2. The van der Waals surface area contributed by atoms with Crippen molar-refractivity contribution in [1.29, 1.82) is 0 Å². The molecular formula is C80H151NO8. The van der Waals surface area contributed by atoms with Crippen molar-refractivity contribution < 1.29 is 39.8 Å². The van der Waals surface area contributed by atoms with Gasteiger partial charge in [0.15, 0.2) is 6.29 Å². The Morgan fingerprint density at radius 2 is 0.640 bits per heavy atom. The topological polar surface area (TPSA) is 149 Å². The summed E-state index contributed by atoms with van der Waals surface area (Å²) < 4.78 is 11.3. The molecule has 1 heterocycles. The van der Waals surface area contributed by atoms with E-state index in [1.807, 2.05) is 6.08 Å². The van der Waals surface area contributed by atoms with Crippen molar-refractivity contribution >= 4 is 5.91 Å². The monoisotopic (exact) mass is 1250 g/mol. The van der Waals surface area contributed by atoms with Gasteiger partial charge in [0, 0.05) is 6.42 Å². The van der Waals surface area contributed by atoms with Crippen molar-refractivity contribution in [2.75, 3.05) is 13.2 Å². The van der Waals surface area contributed by atoms with Gasteiger partial charge in [-0.2, -0.15) is 0 Å². The molecule has 6 N–H and O–H groups in total. The Labute approximate surface area is 552 Å². The molecule has 89 heavy (non-hydrogen) atoms. The molecule has 0 aromatic carbocycles. The number of aliphatic hydroxyl groups is 5. The van der Waals surface area contributed by atoms with Gasteiger partial charge in [0.1, 0.15) is 24.4 Å². The van der Waals surface area contributed by atoms with E-state index in [-0.39, 0.29) is 12.5 Å². The second kappa shape index (κ2) is 69.0. The van der Waals surface area contributed by atoms with Gasteiger partial charge in [-0.15, -0.1) is 0 Å². The third-order valence-corrected chi connectivity index (χ3v) is 18.9. The van der Waals surface area contributed by atoms with E-state index in [9.17, 15) is 30.3 Å². The minimum absolute atomic E-state index is 0.183. The highest BCUT2D eigenvalue weighted by atomic mass is 16.7. The number of nitrogens with one attached hydrogen (secondary N) is 1. The molecule has 9 heteroatoms. The first-order chi connectivity index (χ1) is 43.8. The van der Waals surface area contributed by atoms with Gasteiger partial charge in [0.05, 0.1) is 25.4 Å². The zero-order valence-electron chi connectivity index (χ0n) is 59.0. The van der Waals surface area contributed by atoms with Gasteiger partial charge in [-0.25, -0.2) is 0 Å². The number of hydrogen-bond donors (Lipinski definition) is 6. The molecule has 1 amide bonds. The molecule has 524 valence electrons. The van der Waals surface area contributed by atoms with Gasteiger partial charge in [-0.05, 0) is 70.6 Å². The first-order valence-electron chi connectivity index (χ1n) is 39.4. The molecule has 0 aliphatic carbocycles. The third-order valence-electron chi connectivity index (χ3n) is 18.9. The normalized spacial score (nSPS) is 18.0. The Balaban J connectivity index is 2.07. The molecule has 0 aromatic heterocycles. The first-order valence-corrected chi connectivity index (χ1v) is 39.4. The van der Waals surface area contributed by atoms with E-state index in [1.165, 1.54) is 334 Å². The summed E-state index contributed by atoms with van der Waals surface area (Å²) in [5.74, 6) is -0.183. The van der Waals surface area contributed by atoms with Crippen molar-refractivity contribution in [2.24, 2.45) is 0 Å². The Bertz CT molecular complexity index is 1550. The average molecular weight is 1260 g/mol. The molecule has 1 saturated heterocycles. The summed E-state index contributed by atoms with van der Waals surface area (Å²) in [5.41, 5.74) is 0. The van der Waals surface area contributed by atoms with Gasteiger partial charge in [0.25, 0.3) is 0 Å². The molecule has 1 rings (SSSR count). The molecule has 0 spiro atoms. The maximum Gasteiger partial charge on any atom is 0.220 e. The minimum Gasteiger partial charge on any atom is -0.394 e. The van der Waals surface area contributed by atoms with Crippen LogP contribution < -0.4 is 5.32 Å². The molecule has 1 aliphatic rings. The second-order valence-electron chi connectivity index (χ2n) is 27.5. The third kappa shape index (κ3) is 57.3. The van der Waals surface area contributed by atoms with E-state index in [0.717, 1.165) is 44.9 Å². The Kier molecular flexibility index (Phi) is 66.0. The lowest BCUT2D eigenvalue weighted by Gasteiger charge is -2.40. The molecular weight excluding hydrogens is 1100 g/mol. The van der Waals surface area contributed by atoms with Crippen LogP contribution in [0.25, 0.3) is 0 Å². The molecule has 7 unspecified atom stereocenters. The fourth-order valence-corrected chi connectivity index (χ4v) is 12.7. The molecule has 0 radical (unpaired) electrons. The summed E-state index contributed by atoms with van der Waals surface area (Å²) in [6.07, 6.45) is 88.4. The standard InChI is InChI=1S/C80H151NO8/c1-3-5-7-9-11-13-15-17-19-21-23-25-27-29-31-32-33-34-35-36-37-38-39-40-41-42-44-46-48-50-52-54-56-58-60-62-64-66-68-70-76(84)81-73(72-88-80-79(87)78(86)77(85)75(71-82)89-80)74(83)69-67-65-63-61-59-57-55-53-51-49-47-45-43-30-28-26-24-22-20-18-16-14-12-10-8-6-4-2/h21,23,51,53,59,61,67,69,73-75,77-80,82-83,85-87H,3-20,22,24-50,52,54-58,60,62-66,68,70-72H2,1-2H3,(H,81,84)/b23-21-,53-51+,61-59+,69-67+. The summed E-state index contributed by atoms with van der Waals surface area (Å²) in [4.78, 5) is 13.2. The molecule has 9 nitrogen and oxygen atoms in total. The molecule has 1 fully saturated rings. The molecule has 0 aromatic rings. The van der Waals surface area contributed by atoms with Crippen LogP contribution in [-0.2, 0) is 14.3 Å². The number of unbranched alkanes of at least 4 members (excludes halogenated alkanes) is 54. The smallest absolute Gasteiger partial charge is 0.220 e. The summed E-state index contributed by atoms with van der Waals surface area (Å²) >= 11 is 0. The number of aliphatic hydroxyl groups excluding tert-OH is 5. The molecule has 0 saturated carbocycles. The van der Waals surface area contributed by atoms with Crippen molar-refractivity contribution in [3.05, 3.63) is 48.6 Å². The number of rotatable bonds is 70. The quantitative estimate of drug-likeness (QED) is 0.0261. The number of carbonyl (C=O) groups is 1. The van der Waals surface area contributed by atoms with E-state index >= 15 is 0 Å². The van der Waals surface area contributed by atoms with Crippen LogP contribution in [-0.4, -0.2) is 87.5 Å². The zero-order valence-corrected chi connectivity index (χ0v) is 59.0. The Morgan fingerprint density at radius 1 is 0.371 bits per heavy atom. The Hall–Kier alpha value is -1.85. The predicted molar refractivity (Wildman–Crippen MR) is 383 cm³/mol. The van der Waals surface area contributed by atoms with Crippen LogP contribution in [0.5, 0.6) is 0 Å². The van der Waals surface area contributed by atoms with Crippen LogP contribution >= 0.6 is 0 Å². The van der Waals surface area contributed by atoms with Crippen LogP contribution in [0.2, 0.25) is 0 Å². The van der Waals surface area contributed by atoms with E-state index < -0.39 is 49.5 Å². The number of amides is 1. The fraction of sp³-hybridized carbons (Fsp3) is 0.887. The average Bonchev–Trinajstić information content (AvgIpc) is 2.42. The summed E-state index contributed by atoms with van der Waals surface area (Å²) in [6.45, 7) is 3.81. The summed E-state index contributed by atoms with van der Waals surface area (Å²) in [7, 11) is 0. The number of allylic oxidation sites excluding steroid dienone is 7. The minimum atomic E-state index is -1.58. The maximum absolute atomic E-state index is 13.2. The lowest BCUT2D eigenvalue weighted by atomic mass is 9.99. The largest absolute Gasteiger partial charge is 0.394 e. The van der Waals surface area contributed by atoms with E-state index in [4.69, 9.17) is 9.47 Å². The fourth-order valence-electron chi connectivity index (χ4n) is 12.7. The molecule has 7 atom stereocenters. The zero-order chi connectivity index (χ0) is 64.2. The van der Waals surface area contributed by atoms with E-state index in [0.29, 0.717) is 6.42 Å². The van der Waals surface area contributed by atoms with Crippen LogP contribution in [0.4, 0.5) is 0 Å². The summed E-state index contributed by atoms with van der Waals surface area (Å²) in [5, 5.41) is 54.8. The number of ether oxygens (including phenoxy) is 2. The lowest BCUT2D eigenvalue weighted by Crippen LogP contribution is -2.60. The van der Waals surface area contributed by atoms with Gasteiger partial charge in [-0.3, -0.25) is 4.79 Å². The predicted octanol–water partition coefficient (Wildman–Crippen LogP) is 22.3. The highest BCUT2D eigenvalue weighted by Crippen LogP contribution is 2.24. The van der Waals surface area contributed by atoms with E-state index in [2.05, 4.69) is 55.6 Å². The molecule has 0 bridgehead atoms. The number of carbonyl (C=O) groups excluding carboxylic acids is 1. The van der Waals surface area contributed by atoms with Crippen LogP contribution in [0, 0.1) is 0 Å². The van der Waals surface area contributed by atoms with Crippen molar-refractivity contribution in [3.63, 3.8) is 0 Å². The van der Waals surface area contributed by atoms with Gasteiger partial charge < -0.3 is 40.3 Å². The van der Waals surface area contributed by atoms with E-state index in [1.54, 1.807) is 6.08 Å². The van der Waals surface area contributed by atoms with Crippen molar-refractivity contribution in [3.8, 4) is 0 Å². The number of hydrogen-bond acceptors (Lipinski definition) is 8. The Morgan fingerprint density at radius 3 is 0.944 bits per heavy atom. The summed E-state index contributed by atoms with van der Waals surface area (Å²) in [6, 6.07) is -0.829. The SMILES string of the molecule is CCCCCCCCCC/C=C\CCCCCCCCCCCCCCCCCCCCCCCCCCCCCC(=O)NC(COC1OC(CO)C(O)C(O)C1O)C(O)/C=C/CC/C=C/CC/C=C/CCCCCCCCCCCCCCCCCCC. The van der Waals surface area contributed by atoms with Gasteiger partial charge in [-0.1, -0.05) is 371 Å².